The number of carbonyl (C=O) groups is 1. The summed E-state index contributed by atoms with van der Waals surface area (Å²) in [6.45, 7) is 1.69. The second kappa shape index (κ2) is 3.85. The number of esters is 1. The van der Waals surface area contributed by atoms with Crippen molar-refractivity contribution >= 4 is 11.7 Å². The zero-order chi connectivity index (χ0) is 10.8. The average molecular weight is 210 g/mol. The van der Waals surface area contributed by atoms with E-state index in [1.807, 2.05) is 5.43 Å². The Balaban J connectivity index is 2.52. The molecule has 0 fully saturated rings. The zero-order valence-electron chi connectivity index (χ0n) is 7.39. The van der Waals surface area contributed by atoms with E-state index in [1.54, 1.807) is 6.92 Å². The molecule has 4 nitrogen and oxygen atoms in total. The lowest BCUT2D eigenvalue weighted by molar-refractivity contribution is -0.152. The highest BCUT2D eigenvalue weighted by Gasteiger charge is 2.44. The van der Waals surface area contributed by atoms with E-state index < -0.39 is 24.6 Å². The number of hydrogen-bond acceptors (Lipinski definition) is 4. The van der Waals surface area contributed by atoms with Gasteiger partial charge < -0.3 is 4.74 Å². The van der Waals surface area contributed by atoms with Gasteiger partial charge >= 0.3 is 12.1 Å². The third-order valence-corrected chi connectivity index (χ3v) is 1.66. The zero-order valence-corrected chi connectivity index (χ0v) is 7.39. The molecule has 1 atom stereocenters. The first kappa shape index (κ1) is 10.8. The minimum Gasteiger partial charge on any atom is -0.461 e. The van der Waals surface area contributed by atoms with Crippen LogP contribution in [-0.2, 0) is 9.53 Å². The lowest BCUT2D eigenvalue weighted by Gasteiger charge is -2.12. The number of hydrogen-bond donors (Lipinski definition) is 1. The van der Waals surface area contributed by atoms with E-state index in [0.29, 0.717) is 0 Å². The SMILES string of the molecule is CCOC(=O)C1=NN[C@@H](C(F)(F)F)C1. The van der Waals surface area contributed by atoms with Gasteiger partial charge in [0.25, 0.3) is 0 Å². The van der Waals surface area contributed by atoms with Crippen LogP contribution < -0.4 is 5.43 Å². The smallest absolute Gasteiger partial charge is 0.410 e. The first-order valence-electron chi connectivity index (χ1n) is 4.01. The number of carbonyl (C=O) groups excluding carboxylic acids is 1. The summed E-state index contributed by atoms with van der Waals surface area (Å²) < 4.78 is 40.8. The molecule has 1 N–H and O–H groups in total. The molecule has 0 spiro atoms. The van der Waals surface area contributed by atoms with Crippen LogP contribution in [0.25, 0.3) is 0 Å². The number of nitrogens with zero attached hydrogens (tertiary/aromatic N) is 1. The van der Waals surface area contributed by atoms with Gasteiger partial charge in [0.1, 0.15) is 11.8 Å². The molecule has 0 aromatic carbocycles. The van der Waals surface area contributed by atoms with E-state index >= 15 is 0 Å². The van der Waals surface area contributed by atoms with Crippen molar-refractivity contribution in [3.63, 3.8) is 0 Å². The van der Waals surface area contributed by atoms with Gasteiger partial charge in [-0.05, 0) is 6.92 Å². The Hall–Kier alpha value is -1.27. The third kappa shape index (κ3) is 2.36. The maximum atomic E-state index is 12.1. The first-order valence-corrected chi connectivity index (χ1v) is 4.01. The Morgan fingerprint density at radius 2 is 2.36 bits per heavy atom. The Bertz CT molecular complexity index is 262. The molecule has 0 aromatic rings. The van der Waals surface area contributed by atoms with Crippen LogP contribution in [0, 0.1) is 0 Å². The van der Waals surface area contributed by atoms with E-state index in [-0.39, 0.29) is 12.3 Å². The maximum absolute atomic E-state index is 12.1. The second-order valence-corrected chi connectivity index (χ2v) is 2.71. The van der Waals surface area contributed by atoms with Gasteiger partial charge in [0.2, 0.25) is 0 Å². The van der Waals surface area contributed by atoms with Gasteiger partial charge in [-0.1, -0.05) is 0 Å². The van der Waals surface area contributed by atoms with Gasteiger partial charge in [0.15, 0.2) is 0 Å². The van der Waals surface area contributed by atoms with E-state index in [9.17, 15) is 18.0 Å². The van der Waals surface area contributed by atoms with Crippen molar-refractivity contribution in [2.45, 2.75) is 25.6 Å². The molecule has 0 aliphatic carbocycles. The standard InChI is InChI=1S/C7H9F3N2O2/c1-2-14-6(13)4-3-5(12-11-4)7(8,9)10/h5,12H,2-3H2,1H3/t5-/m1/s1. The highest BCUT2D eigenvalue weighted by atomic mass is 19.4. The summed E-state index contributed by atoms with van der Waals surface area (Å²) in [4.78, 5) is 11.0. The van der Waals surface area contributed by atoms with Crippen LogP contribution in [0.1, 0.15) is 13.3 Å². The summed E-state index contributed by atoms with van der Waals surface area (Å²) in [6.07, 6.45) is -4.86. The summed E-state index contributed by atoms with van der Waals surface area (Å²) >= 11 is 0. The maximum Gasteiger partial charge on any atom is 0.410 e. The molecule has 14 heavy (non-hydrogen) atoms. The summed E-state index contributed by atoms with van der Waals surface area (Å²) in [7, 11) is 0. The molecule has 0 bridgehead atoms. The number of rotatable bonds is 2. The molecule has 0 amide bonds. The van der Waals surface area contributed by atoms with Gasteiger partial charge in [0, 0.05) is 6.42 Å². The Morgan fingerprint density at radius 1 is 1.71 bits per heavy atom. The molecule has 0 aromatic heterocycles. The third-order valence-electron chi connectivity index (χ3n) is 1.66. The number of nitrogens with one attached hydrogen (secondary N) is 1. The predicted octanol–water partition coefficient (Wildman–Crippen LogP) is 0.830. The summed E-state index contributed by atoms with van der Waals surface area (Å²) in [5, 5.41) is 3.27. The van der Waals surface area contributed by atoms with Crippen molar-refractivity contribution in [1.82, 2.24) is 5.43 Å². The molecule has 1 aliphatic heterocycles. The summed E-state index contributed by atoms with van der Waals surface area (Å²) in [5.41, 5.74) is 1.63. The van der Waals surface area contributed by atoms with Gasteiger partial charge in [-0.3, -0.25) is 5.43 Å². The molecule has 0 unspecified atom stereocenters. The van der Waals surface area contributed by atoms with Crippen LogP contribution in [0.2, 0.25) is 0 Å². The van der Waals surface area contributed by atoms with Crippen molar-refractivity contribution < 1.29 is 22.7 Å². The normalized spacial score (nSPS) is 21.4. The number of alkyl halides is 3. The second-order valence-electron chi connectivity index (χ2n) is 2.71. The topological polar surface area (TPSA) is 50.7 Å². The Morgan fingerprint density at radius 3 is 2.79 bits per heavy atom. The van der Waals surface area contributed by atoms with Crippen molar-refractivity contribution in [2.75, 3.05) is 6.61 Å². The predicted molar refractivity (Wildman–Crippen MR) is 41.7 cm³/mol. The largest absolute Gasteiger partial charge is 0.461 e. The fourth-order valence-electron chi connectivity index (χ4n) is 0.973. The molecular weight excluding hydrogens is 201 g/mol. The van der Waals surface area contributed by atoms with Crippen molar-refractivity contribution in [3.05, 3.63) is 0 Å². The number of hydrazone groups is 1. The van der Waals surface area contributed by atoms with Crippen molar-refractivity contribution in [3.8, 4) is 0 Å². The van der Waals surface area contributed by atoms with Gasteiger partial charge in [0.05, 0.1) is 6.61 Å². The van der Waals surface area contributed by atoms with Crippen LogP contribution in [0.4, 0.5) is 13.2 Å². The highest BCUT2D eigenvalue weighted by molar-refractivity contribution is 6.36. The summed E-state index contributed by atoms with van der Waals surface area (Å²) in [6, 6.07) is -1.78. The first-order chi connectivity index (χ1) is 6.45. The van der Waals surface area contributed by atoms with E-state index in [2.05, 4.69) is 9.84 Å². The van der Waals surface area contributed by atoms with Crippen LogP contribution in [0.15, 0.2) is 5.10 Å². The summed E-state index contributed by atoms with van der Waals surface area (Å²) in [5.74, 6) is -0.799. The van der Waals surface area contributed by atoms with E-state index in [0.717, 1.165) is 0 Å². The van der Waals surface area contributed by atoms with Gasteiger partial charge in [-0.2, -0.15) is 18.3 Å². The average Bonchev–Trinajstić information content (AvgIpc) is 2.51. The van der Waals surface area contributed by atoms with Gasteiger partial charge in [-0.25, -0.2) is 4.79 Å². The van der Waals surface area contributed by atoms with E-state index in [1.165, 1.54) is 0 Å². The van der Waals surface area contributed by atoms with Crippen LogP contribution in [0.3, 0.4) is 0 Å². The molecule has 7 heteroatoms. The molecule has 1 heterocycles. The monoisotopic (exact) mass is 210 g/mol. The molecule has 0 radical (unpaired) electrons. The molecule has 0 saturated heterocycles. The Labute approximate surface area is 78.1 Å². The minimum atomic E-state index is -4.39. The molecule has 1 rings (SSSR count). The van der Waals surface area contributed by atoms with Gasteiger partial charge in [-0.15, -0.1) is 0 Å². The lowest BCUT2D eigenvalue weighted by atomic mass is 10.1. The molecular formula is C7H9F3N2O2. The Kier molecular flexibility index (Phi) is 2.97. The van der Waals surface area contributed by atoms with Crippen LogP contribution >= 0.6 is 0 Å². The number of halogens is 3. The highest BCUT2D eigenvalue weighted by Crippen LogP contribution is 2.25. The molecule has 80 valence electrons. The number of ether oxygens (including phenoxy) is 1. The van der Waals surface area contributed by atoms with Crippen LogP contribution in [0.5, 0.6) is 0 Å². The quantitative estimate of drug-likeness (QED) is 0.687. The van der Waals surface area contributed by atoms with Crippen molar-refractivity contribution in [1.29, 1.82) is 0 Å². The minimum absolute atomic E-state index is 0.120. The van der Waals surface area contributed by atoms with E-state index in [4.69, 9.17) is 0 Å². The fraction of sp³-hybridized carbons (Fsp3) is 0.714. The fourth-order valence-corrected chi connectivity index (χ4v) is 0.973. The van der Waals surface area contributed by atoms with Crippen molar-refractivity contribution in [2.24, 2.45) is 5.10 Å². The lowest BCUT2D eigenvalue weighted by Crippen LogP contribution is -2.36. The molecule has 0 saturated carbocycles. The molecule has 1 aliphatic rings. The van der Waals surface area contributed by atoms with Crippen LogP contribution in [-0.4, -0.2) is 30.5 Å².